The number of benzene rings is 2. The molecule has 0 radical (unpaired) electrons. The van der Waals surface area contributed by atoms with E-state index in [1.807, 2.05) is 0 Å². The molecule has 0 aliphatic heterocycles. The summed E-state index contributed by atoms with van der Waals surface area (Å²) in [6, 6.07) is 18.2. The van der Waals surface area contributed by atoms with Crippen LogP contribution in [-0.4, -0.2) is 0 Å². The molecule has 1 aliphatic carbocycles. The fourth-order valence-electron chi connectivity index (χ4n) is 5.52. The Hall–Kier alpha value is -2.51. The van der Waals surface area contributed by atoms with Gasteiger partial charge in [-0.25, -0.2) is 0 Å². The molecule has 0 heterocycles. The van der Waals surface area contributed by atoms with Crippen molar-refractivity contribution < 1.29 is 0 Å². The van der Waals surface area contributed by atoms with E-state index in [-0.39, 0.29) is 0 Å². The second kappa shape index (κ2) is 16.3. The van der Waals surface area contributed by atoms with Gasteiger partial charge in [-0.15, -0.1) is 0 Å². The number of rotatable bonds is 13. The average molecular weight is 482 g/mol. The van der Waals surface area contributed by atoms with Crippen molar-refractivity contribution in [1.82, 2.24) is 0 Å². The fraction of sp³-hybridized carbons (Fsp3) is 0.571. The lowest BCUT2D eigenvalue weighted by molar-refractivity contribution is 0.384. The molecule has 0 atom stereocenters. The van der Waals surface area contributed by atoms with Crippen LogP contribution in [0.4, 0.5) is 0 Å². The van der Waals surface area contributed by atoms with Gasteiger partial charge in [0.25, 0.3) is 0 Å². The number of hydrogen-bond acceptors (Lipinski definition) is 1. The molecule has 0 bridgehead atoms. The first-order chi connectivity index (χ1) is 17.7. The molecule has 0 N–H and O–H groups in total. The molecular formula is C35H47N. The fourth-order valence-corrected chi connectivity index (χ4v) is 5.52. The van der Waals surface area contributed by atoms with E-state index >= 15 is 0 Å². The van der Waals surface area contributed by atoms with Crippen molar-refractivity contribution in [3.05, 3.63) is 70.3 Å². The van der Waals surface area contributed by atoms with Crippen LogP contribution in [0.15, 0.2) is 42.5 Å². The highest BCUT2D eigenvalue weighted by atomic mass is 14.3. The molecular weight excluding hydrogens is 434 g/mol. The van der Waals surface area contributed by atoms with E-state index in [2.05, 4.69) is 74.2 Å². The molecule has 0 aromatic heterocycles. The molecule has 1 nitrogen and oxygen atoms in total. The van der Waals surface area contributed by atoms with Crippen molar-refractivity contribution in [2.75, 3.05) is 0 Å². The zero-order chi connectivity index (χ0) is 25.4. The SMILES string of the molecule is CCCCCCCc1ccc([C@H]2CC[C@H](C#Cc3ccc(CCCCCCC)cc3C#N)CC2)cc1. The van der Waals surface area contributed by atoms with E-state index in [1.54, 1.807) is 0 Å². The number of nitriles is 1. The Balaban J connectivity index is 1.45. The summed E-state index contributed by atoms with van der Waals surface area (Å²) in [6.07, 6.45) is 20.2. The van der Waals surface area contributed by atoms with E-state index in [9.17, 15) is 5.26 Å². The van der Waals surface area contributed by atoms with Crippen LogP contribution in [0.3, 0.4) is 0 Å². The molecule has 1 heteroatoms. The van der Waals surface area contributed by atoms with Crippen LogP contribution in [0, 0.1) is 29.1 Å². The Bertz CT molecular complexity index is 990. The summed E-state index contributed by atoms with van der Waals surface area (Å²) < 4.78 is 0. The lowest BCUT2D eigenvalue weighted by atomic mass is 9.78. The first kappa shape index (κ1) is 28.1. The molecule has 2 aromatic carbocycles. The van der Waals surface area contributed by atoms with Gasteiger partial charge in [0, 0.05) is 11.5 Å². The minimum Gasteiger partial charge on any atom is -0.192 e. The maximum Gasteiger partial charge on any atom is 0.100 e. The van der Waals surface area contributed by atoms with Crippen LogP contribution in [-0.2, 0) is 12.8 Å². The van der Waals surface area contributed by atoms with Crippen molar-refractivity contribution >= 4 is 0 Å². The predicted octanol–water partition coefficient (Wildman–Crippen LogP) is 9.91. The van der Waals surface area contributed by atoms with Crippen molar-refractivity contribution in [2.24, 2.45) is 5.92 Å². The zero-order valence-electron chi connectivity index (χ0n) is 23.0. The van der Waals surface area contributed by atoms with Crippen LogP contribution in [0.5, 0.6) is 0 Å². The number of aryl methyl sites for hydroxylation is 2. The molecule has 1 fully saturated rings. The summed E-state index contributed by atoms with van der Waals surface area (Å²) in [6.45, 7) is 4.53. The average Bonchev–Trinajstić information content (AvgIpc) is 2.92. The monoisotopic (exact) mass is 481 g/mol. The highest BCUT2D eigenvalue weighted by Gasteiger charge is 2.21. The summed E-state index contributed by atoms with van der Waals surface area (Å²) in [5.41, 5.74) is 5.92. The largest absolute Gasteiger partial charge is 0.192 e. The van der Waals surface area contributed by atoms with E-state index in [1.165, 1.54) is 100 Å². The topological polar surface area (TPSA) is 23.8 Å². The Labute approximate surface area is 221 Å². The van der Waals surface area contributed by atoms with Gasteiger partial charge in [0.05, 0.1) is 5.56 Å². The lowest BCUT2D eigenvalue weighted by Crippen LogP contribution is -2.12. The predicted molar refractivity (Wildman–Crippen MR) is 154 cm³/mol. The van der Waals surface area contributed by atoms with Gasteiger partial charge in [0.15, 0.2) is 0 Å². The minimum atomic E-state index is 0.452. The second-order valence-corrected chi connectivity index (χ2v) is 10.9. The molecule has 192 valence electrons. The third kappa shape index (κ3) is 9.51. The summed E-state index contributed by atoms with van der Waals surface area (Å²) >= 11 is 0. The minimum absolute atomic E-state index is 0.452. The summed E-state index contributed by atoms with van der Waals surface area (Å²) in [7, 11) is 0. The molecule has 0 amide bonds. The Kier molecular flexibility index (Phi) is 12.7. The molecule has 0 saturated heterocycles. The highest BCUT2D eigenvalue weighted by Crippen LogP contribution is 2.35. The Morgan fingerprint density at radius 3 is 1.86 bits per heavy atom. The van der Waals surface area contributed by atoms with Crippen molar-refractivity contribution in [3.8, 4) is 17.9 Å². The highest BCUT2D eigenvalue weighted by molar-refractivity contribution is 5.50. The van der Waals surface area contributed by atoms with Crippen LogP contribution in [0.1, 0.15) is 137 Å². The lowest BCUT2D eigenvalue weighted by Gasteiger charge is -2.26. The Morgan fingerprint density at radius 1 is 0.667 bits per heavy atom. The van der Waals surface area contributed by atoms with Crippen LogP contribution >= 0.6 is 0 Å². The third-order valence-electron chi connectivity index (χ3n) is 7.93. The Morgan fingerprint density at radius 2 is 1.25 bits per heavy atom. The quantitative estimate of drug-likeness (QED) is 0.206. The molecule has 1 aliphatic rings. The summed E-state index contributed by atoms with van der Waals surface area (Å²) in [5, 5.41) is 9.67. The van der Waals surface area contributed by atoms with Gasteiger partial charge in [-0.2, -0.15) is 5.26 Å². The van der Waals surface area contributed by atoms with E-state index < -0.39 is 0 Å². The maximum atomic E-state index is 9.67. The number of hydrogen-bond donors (Lipinski definition) is 0. The molecule has 0 spiro atoms. The first-order valence-corrected chi connectivity index (χ1v) is 14.9. The zero-order valence-corrected chi connectivity index (χ0v) is 23.0. The van der Waals surface area contributed by atoms with Gasteiger partial charge in [-0.3, -0.25) is 0 Å². The normalized spacial score (nSPS) is 17.2. The summed E-state index contributed by atoms with van der Waals surface area (Å²) in [4.78, 5) is 0. The van der Waals surface area contributed by atoms with Gasteiger partial charge in [0.2, 0.25) is 0 Å². The molecule has 2 aromatic rings. The first-order valence-electron chi connectivity index (χ1n) is 14.9. The molecule has 3 rings (SSSR count). The van der Waals surface area contributed by atoms with E-state index in [4.69, 9.17) is 0 Å². The number of nitrogens with zero attached hydrogens (tertiary/aromatic N) is 1. The summed E-state index contributed by atoms with van der Waals surface area (Å²) in [5.74, 6) is 8.01. The van der Waals surface area contributed by atoms with Gasteiger partial charge in [-0.05, 0) is 86.1 Å². The van der Waals surface area contributed by atoms with Crippen molar-refractivity contribution in [3.63, 3.8) is 0 Å². The van der Waals surface area contributed by atoms with E-state index in [0.717, 1.165) is 30.4 Å². The maximum absolute atomic E-state index is 9.67. The third-order valence-corrected chi connectivity index (χ3v) is 7.93. The smallest absolute Gasteiger partial charge is 0.100 e. The van der Waals surface area contributed by atoms with Gasteiger partial charge in [-0.1, -0.05) is 107 Å². The number of unbranched alkanes of at least 4 members (excludes halogenated alkanes) is 8. The van der Waals surface area contributed by atoms with Crippen LogP contribution < -0.4 is 0 Å². The molecule has 36 heavy (non-hydrogen) atoms. The van der Waals surface area contributed by atoms with Gasteiger partial charge < -0.3 is 0 Å². The van der Waals surface area contributed by atoms with Gasteiger partial charge in [0.1, 0.15) is 6.07 Å². The van der Waals surface area contributed by atoms with Crippen LogP contribution in [0.2, 0.25) is 0 Å². The van der Waals surface area contributed by atoms with E-state index in [0.29, 0.717) is 11.8 Å². The standard InChI is InChI=1S/C35H47N/c1-3-5-7-9-11-13-29-15-21-32(22-16-29)33-23-17-30(18-24-33)19-25-34-26-20-31(27-35(34)28-36)14-12-10-8-6-4-2/h15-16,20-22,26-27,30,33H,3-14,17-18,23-24H2,1-2H3/t30-,33-. The molecule has 1 saturated carbocycles. The van der Waals surface area contributed by atoms with Crippen molar-refractivity contribution in [2.45, 2.75) is 122 Å². The van der Waals surface area contributed by atoms with Gasteiger partial charge >= 0.3 is 0 Å². The van der Waals surface area contributed by atoms with Crippen molar-refractivity contribution in [1.29, 1.82) is 5.26 Å². The second-order valence-electron chi connectivity index (χ2n) is 10.9. The van der Waals surface area contributed by atoms with Crippen LogP contribution in [0.25, 0.3) is 0 Å². The molecule has 0 unspecified atom stereocenters.